The molecule has 1 aliphatic rings. The van der Waals surface area contributed by atoms with Crippen molar-refractivity contribution in [2.75, 3.05) is 13.1 Å². The van der Waals surface area contributed by atoms with Crippen molar-refractivity contribution in [3.05, 3.63) is 71.8 Å². The molecule has 1 heterocycles. The predicted molar refractivity (Wildman–Crippen MR) is 122 cm³/mol. The first-order valence-corrected chi connectivity index (χ1v) is 11.1. The van der Waals surface area contributed by atoms with Crippen molar-refractivity contribution in [1.29, 1.82) is 0 Å². The second-order valence-corrected chi connectivity index (χ2v) is 8.22. The van der Waals surface area contributed by atoms with Crippen LogP contribution in [-0.2, 0) is 32.1 Å². The summed E-state index contributed by atoms with van der Waals surface area (Å²) in [6.45, 7) is 1.59. The number of piperidine rings is 1. The number of halogens is 3. The molecule has 10 heteroatoms. The molecule has 1 saturated heterocycles. The maximum atomic E-state index is 12.6. The number of ether oxygens (including phenoxy) is 1. The molecule has 1 atom stereocenters. The van der Waals surface area contributed by atoms with Crippen molar-refractivity contribution in [2.45, 2.75) is 44.5 Å². The number of alkyl halides is 3. The van der Waals surface area contributed by atoms with E-state index in [-0.39, 0.29) is 18.9 Å². The smallest absolute Gasteiger partial charge is 0.475 e. The van der Waals surface area contributed by atoms with Crippen LogP contribution in [0.15, 0.2) is 60.7 Å². The SMILES string of the molecule is N[C@@H](CC(=O)OCc1ccccc1)C(=O)N1CCC(Cc2ccccc2)CC1.O=C(O)C(F)(F)F. The lowest BCUT2D eigenvalue weighted by atomic mass is 9.90. The van der Waals surface area contributed by atoms with Gasteiger partial charge in [0.1, 0.15) is 6.61 Å². The monoisotopic (exact) mass is 494 g/mol. The molecule has 0 unspecified atom stereocenters. The largest absolute Gasteiger partial charge is 0.490 e. The molecule has 3 N–H and O–H groups in total. The van der Waals surface area contributed by atoms with Crippen LogP contribution >= 0.6 is 0 Å². The number of amides is 1. The molecule has 0 aromatic heterocycles. The Labute approximate surface area is 201 Å². The van der Waals surface area contributed by atoms with E-state index in [2.05, 4.69) is 24.3 Å². The third kappa shape index (κ3) is 10.2. The summed E-state index contributed by atoms with van der Waals surface area (Å²) >= 11 is 0. The Morgan fingerprint density at radius 1 is 0.971 bits per heavy atom. The number of carboxylic acids is 1. The van der Waals surface area contributed by atoms with Crippen LogP contribution in [0.2, 0.25) is 0 Å². The third-order valence-electron chi connectivity index (χ3n) is 5.48. The number of hydrogen-bond acceptors (Lipinski definition) is 5. The number of likely N-dealkylation sites (tertiary alicyclic amines) is 1. The molecule has 1 fully saturated rings. The van der Waals surface area contributed by atoms with Gasteiger partial charge in [-0.2, -0.15) is 13.2 Å². The molecule has 0 saturated carbocycles. The Morgan fingerprint density at radius 3 is 1.94 bits per heavy atom. The van der Waals surface area contributed by atoms with Gasteiger partial charge < -0.3 is 20.5 Å². The molecular formula is C25H29F3N2O5. The van der Waals surface area contributed by atoms with Crippen molar-refractivity contribution in [3.8, 4) is 0 Å². The standard InChI is InChI=1S/C23H28N2O3.C2HF3O2/c24-21(16-22(26)28-17-20-9-5-2-6-10-20)23(27)25-13-11-19(12-14-25)15-18-7-3-1-4-8-18;3-2(4,5)1(6)7/h1-10,19,21H,11-17,24H2;(H,6,7)/t21-;/m0./s1. The summed E-state index contributed by atoms with van der Waals surface area (Å²) in [5.41, 5.74) is 8.24. The van der Waals surface area contributed by atoms with E-state index in [1.807, 2.05) is 36.4 Å². The van der Waals surface area contributed by atoms with Gasteiger partial charge in [-0.05, 0) is 36.3 Å². The maximum absolute atomic E-state index is 12.6. The molecule has 0 spiro atoms. The van der Waals surface area contributed by atoms with Gasteiger partial charge >= 0.3 is 18.1 Å². The lowest BCUT2D eigenvalue weighted by Crippen LogP contribution is -2.48. The van der Waals surface area contributed by atoms with Gasteiger partial charge in [-0.25, -0.2) is 4.79 Å². The summed E-state index contributed by atoms with van der Waals surface area (Å²) in [6, 6.07) is 19.1. The van der Waals surface area contributed by atoms with Gasteiger partial charge in [0.2, 0.25) is 5.91 Å². The van der Waals surface area contributed by atoms with E-state index in [4.69, 9.17) is 20.4 Å². The van der Waals surface area contributed by atoms with Crippen LogP contribution in [-0.4, -0.2) is 53.2 Å². The highest BCUT2D eigenvalue weighted by Gasteiger charge is 2.38. The van der Waals surface area contributed by atoms with Gasteiger partial charge in [0.05, 0.1) is 12.5 Å². The second-order valence-electron chi connectivity index (χ2n) is 8.22. The first kappa shape index (κ1) is 27.8. The highest BCUT2D eigenvalue weighted by atomic mass is 19.4. The number of carbonyl (C=O) groups is 3. The molecule has 7 nitrogen and oxygen atoms in total. The molecular weight excluding hydrogens is 465 g/mol. The van der Waals surface area contributed by atoms with Crippen LogP contribution in [0.1, 0.15) is 30.4 Å². The van der Waals surface area contributed by atoms with Gasteiger partial charge in [-0.1, -0.05) is 60.7 Å². The number of aliphatic carboxylic acids is 1. The first-order chi connectivity index (χ1) is 16.6. The van der Waals surface area contributed by atoms with Crippen LogP contribution in [0.4, 0.5) is 13.2 Å². The zero-order valence-electron chi connectivity index (χ0n) is 19.1. The molecule has 1 amide bonds. The van der Waals surface area contributed by atoms with E-state index in [0.717, 1.165) is 24.8 Å². The highest BCUT2D eigenvalue weighted by molar-refractivity contribution is 5.86. The fourth-order valence-corrected chi connectivity index (χ4v) is 3.60. The quantitative estimate of drug-likeness (QED) is 0.570. The van der Waals surface area contributed by atoms with Crippen molar-refractivity contribution >= 4 is 17.8 Å². The number of carbonyl (C=O) groups excluding carboxylic acids is 2. The number of carboxylic acid groups (broad SMARTS) is 1. The summed E-state index contributed by atoms with van der Waals surface area (Å²) in [4.78, 5) is 35.2. The molecule has 2 aromatic carbocycles. The van der Waals surface area contributed by atoms with Crippen molar-refractivity contribution in [2.24, 2.45) is 11.7 Å². The highest BCUT2D eigenvalue weighted by Crippen LogP contribution is 2.22. The Kier molecular flexibility index (Phi) is 10.7. The van der Waals surface area contributed by atoms with Crippen LogP contribution in [0, 0.1) is 5.92 Å². The maximum Gasteiger partial charge on any atom is 0.490 e. The molecule has 3 rings (SSSR count). The molecule has 0 aliphatic carbocycles. The van der Waals surface area contributed by atoms with Gasteiger partial charge in [0.15, 0.2) is 0 Å². The number of nitrogens with zero attached hydrogens (tertiary/aromatic N) is 1. The van der Waals surface area contributed by atoms with Gasteiger partial charge in [0, 0.05) is 13.1 Å². The van der Waals surface area contributed by atoms with Crippen LogP contribution < -0.4 is 5.73 Å². The fraction of sp³-hybridized carbons (Fsp3) is 0.400. The van der Waals surface area contributed by atoms with Crippen LogP contribution in [0.25, 0.3) is 0 Å². The number of benzene rings is 2. The Hall–Kier alpha value is -3.40. The summed E-state index contributed by atoms with van der Waals surface area (Å²) < 4.78 is 37.0. The van der Waals surface area contributed by atoms with Gasteiger partial charge in [0.25, 0.3) is 0 Å². The zero-order valence-corrected chi connectivity index (χ0v) is 19.1. The second kappa shape index (κ2) is 13.5. The van der Waals surface area contributed by atoms with E-state index in [9.17, 15) is 22.8 Å². The number of esters is 1. The first-order valence-electron chi connectivity index (χ1n) is 11.1. The average Bonchev–Trinajstić information content (AvgIpc) is 2.84. The Bertz CT molecular complexity index is 947. The number of rotatable bonds is 7. The predicted octanol–water partition coefficient (Wildman–Crippen LogP) is 3.56. The summed E-state index contributed by atoms with van der Waals surface area (Å²) in [6.07, 6.45) is -2.20. The lowest BCUT2D eigenvalue weighted by molar-refractivity contribution is -0.192. The fourth-order valence-electron chi connectivity index (χ4n) is 3.60. The average molecular weight is 495 g/mol. The van der Waals surface area contributed by atoms with Gasteiger partial charge in [-0.15, -0.1) is 0 Å². The third-order valence-corrected chi connectivity index (χ3v) is 5.48. The van der Waals surface area contributed by atoms with E-state index >= 15 is 0 Å². The minimum Gasteiger partial charge on any atom is -0.475 e. The van der Waals surface area contributed by atoms with E-state index in [1.54, 1.807) is 4.90 Å². The summed E-state index contributed by atoms with van der Waals surface area (Å²) in [7, 11) is 0. The molecule has 2 aromatic rings. The van der Waals surface area contributed by atoms with Crippen LogP contribution in [0.3, 0.4) is 0 Å². The molecule has 1 aliphatic heterocycles. The minimum atomic E-state index is -5.08. The summed E-state index contributed by atoms with van der Waals surface area (Å²) in [5.74, 6) is -2.77. The molecule has 0 bridgehead atoms. The van der Waals surface area contributed by atoms with Crippen molar-refractivity contribution < 1.29 is 37.4 Å². The normalized spacial score (nSPS) is 14.9. The van der Waals surface area contributed by atoms with E-state index in [0.29, 0.717) is 19.0 Å². The molecule has 190 valence electrons. The number of hydrogen-bond donors (Lipinski definition) is 2. The van der Waals surface area contributed by atoms with Crippen LogP contribution in [0.5, 0.6) is 0 Å². The number of nitrogens with two attached hydrogens (primary N) is 1. The topological polar surface area (TPSA) is 110 Å². The lowest BCUT2D eigenvalue weighted by Gasteiger charge is -2.33. The minimum absolute atomic E-state index is 0.0877. The Morgan fingerprint density at radius 2 is 1.46 bits per heavy atom. The van der Waals surface area contributed by atoms with Crippen molar-refractivity contribution in [1.82, 2.24) is 4.90 Å². The van der Waals surface area contributed by atoms with E-state index in [1.165, 1.54) is 5.56 Å². The molecule has 35 heavy (non-hydrogen) atoms. The zero-order chi connectivity index (χ0) is 25.8. The van der Waals surface area contributed by atoms with E-state index < -0.39 is 24.2 Å². The Balaban J connectivity index is 0.000000540. The van der Waals surface area contributed by atoms with Gasteiger partial charge in [-0.3, -0.25) is 9.59 Å². The van der Waals surface area contributed by atoms with Crippen molar-refractivity contribution in [3.63, 3.8) is 0 Å². The summed E-state index contributed by atoms with van der Waals surface area (Å²) in [5, 5.41) is 7.12. The molecule has 0 radical (unpaired) electrons.